The highest BCUT2D eigenvalue weighted by atomic mass is 35.5. The van der Waals surface area contributed by atoms with Crippen LogP contribution >= 0.6 is 11.6 Å². The maximum absolute atomic E-state index is 14.2. The van der Waals surface area contributed by atoms with E-state index in [2.05, 4.69) is 10.1 Å². The number of hydrogen-bond donors (Lipinski definition) is 0. The third-order valence-electron chi connectivity index (χ3n) is 3.00. The van der Waals surface area contributed by atoms with Gasteiger partial charge in [-0.15, -0.1) is 11.6 Å². The van der Waals surface area contributed by atoms with Gasteiger partial charge in [0.1, 0.15) is 0 Å². The summed E-state index contributed by atoms with van der Waals surface area (Å²) in [4.78, 5) is 4.03. The lowest BCUT2D eigenvalue weighted by molar-refractivity contribution is 0.590. The fourth-order valence-corrected chi connectivity index (χ4v) is 2.16. The van der Waals surface area contributed by atoms with Gasteiger partial charge in [-0.05, 0) is 11.6 Å². The molecular weight excluding hydrogens is 277 g/mol. The van der Waals surface area contributed by atoms with Crippen LogP contribution in [0.3, 0.4) is 0 Å². The van der Waals surface area contributed by atoms with Crippen molar-refractivity contribution < 1.29 is 4.39 Å². The first-order valence-electron chi connectivity index (χ1n) is 6.09. The SMILES string of the molecule is Fc1c(CCl)ccnc1-n1cc(-c2ccccc2)cn1. The Morgan fingerprint density at radius 1 is 1.10 bits per heavy atom. The minimum Gasteiger partial charge on any atom is -0.235 e. The molecule has 0 aliphatic carbocycles. The summed E-state index contributed by atoms with van der Waals surface area (Å²) < 4.78 is 15.6. The zero-order valence-corrected chi connectivity index (χ0v) is 11.3. The molecular formula is C15H11ClFN3. The van der Waals surface area contributed by atoms with E-state index in [0.717, 1.165) is 11.1 Å². The topological polar surface area (TPSA) is 30.7 Å². The molecule has 0 aliphatic heterocycles. The summed E-state index contributed by atoms with van der Waals surface area (Å²) in [6.45, 7) is 0. The third-order valence-corrected chi connectivity index (χ3v) is 3.29. The van der Waals surface area contributed by atoms with Crippen LogP contribution in [0.15, 0.2) is 55.0 Å². The number of rotatable bonds is 3. The Bertz CT molecular complexity index is 725. The van der Waals surface area contributed by atoms with Crippen molar-refractivity contribution in [1.29, 1.82) is 0 Å². The molecule has 3 rings (SSSR count). The highest BCUT2D eigenvalue weighted by Gasteiger charge is 2.12. The van der Waals surface area contributed by atoms with E-state index in [1.807, 2.05) is 30.3 Å². The molecule has 3 aromatic rings. The van der Waals surface area contributed by atoms with Gasteiger partial charge >= 0.3 is 0 Å². The van der Waals surface area contributed by atoms with Gasteiger partial charge in [-0.1, -0.05) is 30.3 Å². The predicted octanol–water partition coefficient (Wildman–Crippen LogP) is 3.81. The summed E-state index contributed by atoms with van der Waals surface area (Å²) >= 11 is 5.70. The van der Waals surface area contributed by atoms with Gasteiger partial charge in [-0.3, -0.25) is 0 Å². The van der Waals surface area contributed by atoms with Crippen molar-refractivity contribution in [2.24, 2.45) is 0 Å². The Kier molecular flexibility index (Phi) is 3.48. The summed E-state index contributed by atoms with van der Waals surface area (Å²) in [7, 11) is 0. The fourth-order valence-electron chi connectivity index (χ4n) is 1.95. The monoisotopic (exact) mass is 287 g/mol. The highest BCUT2D eigenvalue weighted by molar-refractivity contribution is 6.17. The molecule has 5 heteroatoms. The van der Waals surface area contributed by atoms with E-state index >= 15 is 0 Å². The molecule has 0 spiro atoms. The van der Waals surface area contributed by atoms with Crippen LogP contribution in [0.2, 0.25) is 0 Å². The van der Waals surface area contributed by atoms with E-state index < -0.39 is 5.82 Å². The van der Waals surface area contributed by atoms with Gasteiger partial charge in [0.15, 0.2) is 11.6 Å². The van der Waals surface area contributed by atoms with Crippen LogP contribution in [0.25, 0.3) is 16.9 Å². The smallest absolute Gasteiger partial charge is 0.190 e. The summed E-state index contributed by atoms with van der Waals surface area (Å²) in [5.41, 5.74) is 2.34. The molecule has 0 saturated heterocycles. The molecule has 0 unspecified atom stereocenters. The molecule has 0 atom stereocenters. The number of alkyl halides is 1. The molecule has 2 heterocycles. The van der Waals surface area contributed by atoms with Crippen molar-refractivity contribution >= 4 is 11.6 Å². The van der Waals surface area contributed by atoms with Gasteiger partial charge < -0.3 is 0 Å². The lowest BCUT2D eigenvalue weighted by atomic mass is 10.1. The van der Waals surface area contributed by atoms with Crippen LogP contribution in [0.5, 0.6) is 0 Å². The number of aromatic nitrogens is 3. The first-order chi connectivity index (χ1) is 9.79. The fraction of sp³-hybridized carbons (Fsp3) is 0.0667. The summed E-state index contributed by atoms with van der Waals surface area (Å²) in [6, 6.07) is 11.3. The molecule has 3 nitrogen and oxygen atoms in total. The van der Waals surface area contributed by atoms with E-state index in [4.69, 9.17) is 11.6 Å². The number of benzene rings is 1. The second-order valence-electron chi connectivity index (χ2n) is 4.28. The van der Waals surface area contributed by atoms with Crippen molar-refractivity contribution in [3.8, 4) is 16.9 Å². The summed E-state index contributed by atoms with van der Waals surface area (Å²) in [5, 5.41) is 4.17. The molecule has 0 aliphatic rings. The second-order valence-corrected chi connectivity index (χ2v) is 4.55. The maximum Gasteiger partial charge on any atom is 0.190 e. The molecule has 1 aromatic carbocycles. The molecule has 100 valence electrons. The van der Waals surface area contributed by atoms with E-state index in [1.54, 1.807) is 18.5 Å². The Balaban J connectivity index is 2.03. The lowest BCUT2D eigenvalue weighted by Crippen LogP contribution is -2.03. The van der Waals surface area contributed by atoms with E-state index in [1.165, 1.54) is 10.9 Å². The quantitative estimate of drug-likeness (QED) is 0.686. The third kappa shape index (κ3) is 2.30. The van der Waals surface area contributed by atoms with Gasteiger partial charge in [-0.25, -0.2) is 14.1 Å². The number of hydrogen-bond acceptors (Lipinski definition) is 2. The van der Waals surface area contributed by atoms with Crippen molar-refractivity contribution in [2.75, 3.05) is 0 Å². The molecule has 0 saturated carbocycles. The van der Waals surface area contributed by atoms with Crippen LogP contribution in [-0.4, -0.2) is 14.8 Å². The molecule has 0 fully saturated rings. The Morgan fingerprint density at radius 3 is 2.65 bits per heavy atom. The molecule has 2 aromatic heterocycles. The minimum absolute atomic E-state index is 0.105. The maximum atomic E-state index is 14.2. The minimum atomic E-state index is -0.440. The van der Waals surface area contributed by atoms with Crippen LogP contribution < -0.4 is 0 Å². The van der Waals surface area contributed by atoms with Gasteiger partial charge in [0.2, 0.25) is 0 Å². The molecule has 20 heavy (non-hydrogen) atoms. The zero-order valence-electron chi connectivity index (χ0n) is 10.5. The average molecular weight is 288 g/mol. The van der Waals surface area contributed by atoms with Crippen molar-refractivity contribution in [2.45, 2.75) is 5.88 Å². The number of halogens is 2. The second kappa shape index (κ2) is 5.43. The zero-order chi connectivity index (χ0) is 13.9. The first kappa shape index (κ1) is 12.8. The summed E-state index contributed by atoms with van der Waals surface area (Å²) in [5.74, 6) is -0.177. The van der Waals surface area contributed by atoms with Crippen molar-refractivity contribution in [3.63, 3.8) is 0 Å². The molecule has 0 bridgehead atoms. The van der Waals surface area contributed by atoms with Gasteiger partial charge in [0.05, 0.1) is 12.1 Å². The van der Waals surface area contributed by atoms with Crippen molar-refractivity contribution in [3.05, 3.63) is 66.4 Å². The highest BCUT2D eigenvalue weighted by Crippen LogP contribution is 2.21. The standard InChI is InChI=1S/C15H11ClFN3/c16-8-12-6-7-18-15(14(12)17)20-10-13(9-19-20)11-4-2-1-3-5-11/h1-7,9-10H,8H2. The van der Waals surface area contributed by atoms with Crippen LogP contribution in [0.4, 0.5) is 4.39 Å². The van der Waals surface area contributed by atoms with Gasteiger partial charge in [0, 0.05) is 23.5 Å². The Labute approximate surface area is 120 Å². The van der Waals surface area contributed by atoms with Gasteiger partial charge in [-0.2, -0.15) is 5.10 Å². The Hall–Kier alpha value is -2.20. The van der Waals surface area contributed by atoms with Crippen LogP contribution in [0, 0.1) is 5.82 Å². The average Bonchev–Trinajstić information content (AvgIpc) is 2.98. The normalized spacial score (nSPS) is 10.7. The molecule has 0 amide bonds. The first-order valence-corrected chi connectivity index (χ1v) is 6.63. The summed E-state index contributed by atoms with van der Waals surface area (Å²) in [6.07, 6.45) is 4.96. The lowest BCUT2D eigenvalue weighted by Gasteiger charge is -2.04. The van der Waals surface area contributed by atoms with Crippen LogP contribution in [-0.2, 0) is 5.88 Å². The van der Waals surface area contributed by atoms with Crippen LogP contribution in [0.1, 0.15) is 5.56 Å². The largest absolute Gasteiger partial charge is 0.235 e. The van der Waals surface area contributed by atoms with E-state index in [9.17, 15) is 4.39 Å². The van der Waals surface area contributed by atoms with Gasteiger partial charge in [0.25, 0.3) is 0 Å². The Morgan fingerprint density at radius 2 is 1.90 bits per heavy atom. The predicted molar refractivity (Wildman–Crippen MR) is 76.3 cm³/mol. The molecule has 0 N–H and O–H groups in total. The van der Waals surface area contributed by atoms with E-state index in [-0.39, 0.29) is 11.7 Å². The number of nitrogens with zero attached hydrogens (tertiary/aromatic N) is 3. The van der Waals surface area contributed by atoms with Crippen molar-refractivity contribution in [1.82, 2.24) is 14.8 Å². The molecule has 0 radical (unpaired) electrons. The number of pyridine rings is 1. The van der Waals surface area contributed by atoms with E-state index in [0.29, 0.717) is 5.56 Å².